The molecule has 3 rings (SSSR count). The van der Waals surface area contributed by atoms with Crippen molar-refractivity contribution in [2.45, 2.75) is 19.3 Å². The smallest absolute Gasteiger partial charge is 0.260 e. The lowest BCUT2D eigenvalue weighted by atomic mass is 10.1. The molecule has 1 fully saturated rings. The Balaban J connectivity index is 2.10. The molecule has 5 heteroatoms. The topological polar surface area (TPSA) is 49.0 Å². The Hall–Kier alpha value is -1.55. The van der Waals surface area contributed by atoms with Gasteiger partial charge in [-0.15, -0.1) is 0 Å². The van der Waals surface area contributed by atoms with Crippen molar-refractivity contribution >= 4 is 28.5 Å². The number of benzene rings is 1. The number of fused-ring (bicyclic) bond motifs is 1. The van der Waals surface area contributed by atoms with Crippen LogP contribution in [0.1, 0.15) is 19.3 Å². The van der Waals surface area contributed by atoms with Crippen LogP contribution in [0.4, 0.5) is 5.95 Å². The molecule has 1 N–H and O–H groups in total. The zero-order valence-electron chi connectivity index (χ0n) is 9.95. The molecule has 0 saturated carbocycles. The summed E-state index contributed by atoms with van der Waals surface area (Å²) in [6, 6.07) is 5.16. The lowest BCUT2D eigenvalue weighted by Crippen LogP contribution is -2.32. The highest BCUT2D eigenvalue weighted by molar-refractivity contribution is 6.31. The standard InChI is InChI=1S/C13H14ClN3O/c14-9-4-5-10-11(8-9)15-13(16-12(10)18)17-6-2-1-3-7-17/h4-5,8H,1-3,6-7H2,(H,15,16,18). The fourth-order valence-corrected chi connectivity index (χ4v) is 2.52. The van der Waals surface area contributed by atoms with Crippen LogP contribution in [0, 0.1) is 0 Å². The van der Waals surface area contributed by atoms with Crippen molar-refractivity contribution in [3.05, 3.63) is 33.6 Å². The molecule has 94 valence electrons. The first-order valence-corrected chi connectivity index (χ1v) is 6.56. The third kappa shape index (κ3) is 2.08. The minimum atomic E-state index is -0.0998. The number of nitrogens with one attached hydrogen (secondary N) is 1. The van der Waals surface area contributed by atoms with Crippen LogP contribution in [-0.2, 0) is 0 Å². The molecule has 18 heavy (non-hydrogen) atoms. The van der Waals surface area contributed by atoms with Gasteiger partial charge < -0.3 is 4.90 Å². The third-order valence-electron chi connectivity index (χ3n) is 3.31. The van der Waals surface area contributed by atoms with Gasteiger partial charge >= 0.3 is 0 Å². The fourth-order valence-electron chi connectivity index (χ4n) is 2.36. The molecule has 0 aliphatic carbocycles. The molecule has 0 radical (unpaired) electrons. The summed E-state index contributed by atoms with van der Waals surface area (Å²) in [6.07, 6.45) is 3.55. The maximum Gasteiger partial charge on any atom is 0.260 e. The van der Waals surface area contributed by atoms with E-state index < -0.39 is 0 Å². The Morgan fingerprint density at radius 3 is 2.78 bits per heavy atom. The van der Waals surface area contributed by atoms with E-state index in [-0.39, 0.29) is 5.56 Å². The quantitative estimate of drug-likeness (QED) is 0.860. The van der Waals surface area contributed by atoms with Crippen molar-refractivity contribution in [1.29, 1.82) is 0 Å². The van der Waals surface area contributed by atoms with E-state index in [2.05, 4.69) is 14.9 Å². The van der Waals surface area contributed by atoms with Crippen molar-refractivity contribution in [2.24, 2.45) is 0 Å². The predicted molar refractivity (Wildman–Crippen MR) is 73.4 cm³/mol. The van der Waals surface area contributed by atoms with E-state index in [0.29, 0.717) is 21.9 Å². The number of halogens is 1. The minimum absolute atomic E-state index is 0.0998. The first-order valence-electron chi connectivity index (χ1n) is 6.18. The van der Waals surface area contributed by atoms with Crippen LogP contribution in [0.5, 0.6) is 0 Å². The van der Waals surface area contributed by atoms with Gasteiger partial charge in [-0.3, -0.25) is 9.78 Å². The Morgan fingerprint density at radius 2 is 2.00 bits per heavy atom. The van der Waals surface area contributed by atoms with Gasteiger partial charge in [0.25, 0.3) is 5.56 Å². The van der Waals surface area contributed by atoms with Gasteiger partial charge in [0.1, 0.15) is 0 Å². The molecule has 0 amide bonds. The maximum atomic E-state index is 12.0. The normalized spacial score (nSPS) is 16.2. The van der Waals surface area contributed by atoms with Crippen molar-refractivity contribution in [3.8, 4) is 0 Å². The molecule has 0 bridgehead atoms. The van der Waals surface area contributed by atoms with Gasteiger partial charge in [0.15, 0.2) is 0 Å². The monoisotopic (exact) mass is 263 g/mol. The van der Waals surface area contributed by atoms with E-state index in [1.54, 1.807) is 18.2 Å². The lowest BCUT2D eigenvalue weighted by molar-refractivity contribution is 0.568. The summed E-state index contributed by atoms with van der Waals surface area (Å²) in [6.45, 7) is 1.91. The van der Waals surface area contributed by atoms with E-state index in [0.717, 1.165) is 25.9 Å². The van der Waals surface area contributed by atoms with Crippen LogP contribution >= 0.6 is 11.6 Å². The number of aromatic amines is 1. The number of rotatable bonds is 1. The van der Waals surface area contributed by atoms with Crippen LogP contribution in [0.15, 0.2) is 23.0 Å². The Kier molecular flexibility index (Phi) is 2.96. The van der Waals surface area contributed by atoms with Crippen molar-refractivity contribution in [2.75, 3.05) is 18.0 Å². The molecule has 2 heterocycles. The van der Waals surface area contributed by atoms with Crippen molar-refractivity contribution in [1.82, 2.24) is 9.97 Å². The zero-order chi connectivity index (χ0) is 12.5. The minimum Gasteiger partial charge on any atom is -0.342 e. The van der Waals surface area contributed by atoms with E-state index in [1.807, 2.05) is 0 Å². The van der Waals surface area contributed by atoms with Gasteiger partial charge in [0.05, 0.1) is 10.9 Å². The molecular formula is C13H14ClN3O. The molecule has 1 aliphatic rings. The predicted octanol–water partition coefficient (Wildman–Crippen LogP) is 2.57. The molecule has 4 nitrogen and oxygen atoms in total. The molecule has 0 spiro atoms. The third-order valence-corrected chi connectivity index (χ3v) is 3.55. The van der Waals surface area contributed by atoms with Crippen LogP contribution in [0.2, 0.25) is 5.02 Å². The Bertz CT molecular complexity index is 632. The van der Waals surface area contributed by atoms with Crippen LogP contribution < -0.4 is 10.5 Å². The van der Waals surface area contributed by atoms with E-state index in [4.69, 9.17) is 11.6 Å². The fraction of sp³-hybridized carbons (Fsp3) is 0.385. The number of piperidine rings is 1. The summed E-state index contributed by atoms with van der Waals surface area (Å²) in [7, 11) is 0. The lowest BCUT2D eigenvalue weighted by Gasteiger charge is -2.27. The van der Waals surface area contributed by atoms with E-state index in [1.165, 1.54) is 6.42 Å². The molecule has 1 aliphatic heterocycles. The molecule has 0 unspecified atom stereocenters. The second-order valence-electron chi connectivity index (χ2n) is 4.60. The Labute approximate surface area is 110 Å². The van der Waals surface area contributed by atoms with Crippen LogP contribution in [-0.4, -0.2) is 23.1 Å². The summed E-state index contributed by atoms with van der Waals surface area (Å²) in [4.78, 5) is 21.5. The van der Waals surface area contributed by atoms with Gasteiger partial charge in [-0.1, -0.05) is 11.6 Å². The van der Waals surface area contributed by atoms with E-state index >= 15 is 0 Å². The molecule has 1 saturated heterocycles. The van der Waals surface area contributed by atoms with Crippen molar-refractivity contribution < 1.29 is 0 Å². The average Bonchev–Trinajstić information content (AvgIpc) is 2.39. The van der Waals surface area contributed by atoms with Gasteiger partial charge in [0, 0.05) is 18.1 Å². The highest BCUT2D eigenvalue weighted by Gasteiger charge is 2.14. The summed E-state index contributed by atoms with van der Waals surface area (Å²) in [5.74, 6) is 0.662. The number of hydrogen-bond acceptors (Lipinski definition) is 3. The van der Waals surface area contributed by atoms with Crippen LogP contribution in [0.3, 0.4) is 0 Å². The molecule has 1 aromatic carbocycles. The number of aromatic nitrogens is 2. The summed E-state index contributed by atoms with van der Waals surface area (Å²) in [5.41, 5.74) is 0.559. The largest absolute Gasteiger partial charge is 0.342 e. The second kappa shape index (κ2) is 4.61. The molecule has 2 aromatic rings. The number of anilines is 1. The number of nitrogens with zero attached hydrogens (tertiary/aromatic N) is 2. The first-order chi connectivity index (χ1) is 8.74. The summed E-state index contributed by atoms with van der Waals surface area (Å²) >= 11 is 5.94. The zero-order valence-corrected chi connectivity index (χ0v) is 10.7. The van der Waals surface area contributed by atoms with Crippen LogP contribution in [0.25, 0.3) is 10.9 Å². The van der Waals surface area contributed by atoms with E-state index in [9.17, 15) is 4.79 Å². The number of H-pyrrole nitrogens is 1. The summed E-state index contributed by atoms with van der Waals surface area (Å²) in [5, 5.41) is 1.19. The van der Waals surface area contributed by atoms with Gasteiger partial charge in [-0.25, -0.2) is 4.98 Å². The Morgan fingerprint density at radius 1 is 1.22 bits per heavy atom. The molecule has 1 aromatic heterocycles. The van der Waals surface area contributed by atoms with Gasteiger partial charge in [-0.2, -0.15) is 0 Å². The highest BCUT2D eigenvalue weighted by atomic mass is 35.5. The highest BCUT2D eigenvalue weighted by Crippen LogP contribution is 2.19. The number of hydrogen-bond donors (Lipinski definition) is 1. The first kappa shape index (κ1) is 11.5. The average molecular weight is 264 g/mol. The van der Waals surface area contributed by atoms with Crippen molar-refractivity contribution in [3.63, 3.8) is 0 Å². The maximum absolute atomic E-state index is 12.0. The van der Waals surface area contributed by atoms with Gasteiger partial charge in [-0.05, 0) is 37.5 Å². The summed E-state index contributed by atoms with van der Waals surface area (Å²) < 4.78 is 0. The SMILES string of the molecule is O=c1[nH]c(N2CCCCC2)nc2cc(Cl)ccc12. The van der Waals surface area contributed by atoms with Gasteiger partial charge in [0.2, 0.25) is 5.95 Å². The second-order valence-corrected chi connectivity index (χ2v) is 5.04. The molecular weight excluding hydrogens is 250 g/mol. The molecule has 0 atom stereocenters.